The number of rotatable bonds is 4. The highest BCUT2D eigenvalue weighted by molar-refractivity contribution is 9.10. The highest BCUT2D eigenvalue weighted by atomic mass is 79.9. The van der Waals surface area contributed by atoms with E-state index in [2.05, 4.69) is 15.9 Å². The second-order valence-corrected chi connectivity index (χ2v) is 5.71. The van der Waals surface area contributed by atoms with Gasteiger partial charge in [0.15, 0.2) is 5.78 Å². The van der Waals surface area contributed by atoms with Gasteiger partial charge < -0.3 is 4.74 Å². The van der Waals surface area contributed by atoms with Gasteiger partial charge in [-0.25, -0.2) is 0 Å². The van der Waals surface area contributed by atoms with Crippen LogP contribution in [0.4, 0.5) is 0 Å². The van der Waals surface area contributed by atoms with Gasteiger partial charge >= 0.3 is 0 Å². The van der Waals surface area contributed by atoms with Crippen LogP contribution in [0.1, 0.15) is 28.4 Å². The Morgan fingerprint density at radius 2 is 1.95 bits per heavy atom. The molecular formula is C16H14BrClO2. The normalized spacial score (nSPS) is 10.4. The molecule has 0 bridgehead atoms. The molecule has 0 spiro atoms. The molecule has 104 valence electrons. The minimum absolute atomic E-state index is 0.136. The summed E-state index contributed by atoms with van der Waals surface area (Å²) in [5.74, 6) is 0.447. The van der Waals surface area contributed by atoms with Crippen molar-refractivity contribution in [2.75, 3.05) is 6.61 Å². The third-order valence-corrected chi connectivity index (χ3v) is 3.68. The van der Waals surface area contributed by atoms with Crippen LogP contribution >= 0.6 is 27.5 Å². The van der Waals surface area contributed by atoms with Crippen molar-refractivity contribution in [3.05, 3.63) is 62.6 Å². The first-order valence-electron chi connectivity index (χ1n) is 6.26. The van der Waals surface area contributed by atoms with Crippen LogP contribution in [0.2, 0.25) is 5.02 Å². The van der Waals surface area contributed by atoms with Crippen molar-refractivity contribution in [3.8, 4) is 5.75 Å². The number of aryl methyl sites for hydroxylation is 1. The molecule has 0 aliphatic rings. The molecule has 0 aliphatic carbocycles. The number of hydrogen-bond donors (Lipinski definition) is 0. The first-order valence-corrected chi connectivity index (χ1v) is 7.43. The zero-order chi connectivity index (χ0) is 14.7. The average Bonchev–Trinajstić information content (AvgIpc) is 2.43. The van der Waals surface area contributed by atoms with Gasteiger partial charge in [-0.1, -0.05) is 39.2 Å². The molecule has 0 saturated heterocycles. The molecule has 0 amide bonds. The molecule has 20 heavy (non-hydrogen) atoms. The van der Waals surface area contributed by atoms with E-state index in [9.17, 15) is 4.79 Å². The van der Waals surface area contributed by atoms with E-state index >= 15 is 0 Å². The van der Waals surface area contributed by atoms with Crippen molar-refractivity contribution in [1.29, 1.82) is 0 Å². The average molecular weight is 354 g/mol. The van der Waals surface area contributed by atoms with Crippen molar-refractivity contribution in [1.82, 2.24) is 0 Å². The lowest BCUT2D eigenvalue weighted by molar-refractivity contribution is 0.103. The Balaban J connectivity index is 2.52. The highest BCUT2D eigenvalue weighted by Gasteiger charge is 2.18. The van der Waals surface area contributed by atoms with Crippen LogP contribution in [-0.4, -0.2) is 12.4 Å². The summed E-state index contributed by atoms with van der Waals surface area (Å²) in [7, 11) is 0. The molecular weight excluding hydrogens is 340 g/mol. The fourth-order valence-corrected chi connectivity index (χ4v) is 2.48. The first-order chi connectivity index (χ1) is 9.52. The van der Waals surface area contributed by atoms with E-state index in [-0.39, 0.29) is 5.78 Å². The molecule has 0 fully saturated rings. The van der Waals surface area contributed by atoms with Gasteiger partial charge in [0.25, 0.3) is 0 Å². The molecule has 0 saturated carbocycles. The standard InChI is InChI=1S/C16H14BrClO2/c1-3-20-15-7-4-10(2)8-13(15)16(19)12-9-11(17)5-6-14(12)18/h4-9H,3H2,1-2H3. The highest BCUT2D eigenvalue weighted by Crippen LogP contribution is 2.28. The molecule has 0 aromatic heterocycles. The number of benzene rings is 2. The summed E-state index contributed by atoms with van der Waals surface area (Å²) in [5.41, 5.74) is 2.00. The lowest BCUT2D eigenvalue weighted by atomic mass is 10.0. The summed E-state index contributed by atoms with van der Waals surface area (Å²) >= 11 is 9.49. The van der Waals surface area contributed by atoms with Crippen molar-refractivity contribution in [3.63, 3.8) is 0 Å². The van der Waals surface area contributed by atoms with E-state index in [1.807, 2.05) is 32.0 Å². The number of ether oxygens (including phenoxy) is 1. The number of hydrogen-bond acceptors (Lipinski definition) is 2. The summed E-state index contributed by atoms with van der Waals surface area (Å²) < 4.78 is 6.34. The molecule has 2 aromatic carbocycles. The number of carbonyl (C=O) groups excluding carboxylic acids is 1. The van der Waals surface area contributed by atoms with Crippen molar-refractivity contribution < 1.29 is 9.53 Å². The van der Waals surface area contributed by atoms with Crippen LogP contribution in [-0.2, 0) is 0 Å². The summed E-state index contributed by atoms with van der Waals surface area (Å²) in [6.07, 6.45) is 0. The van der Waals surface area contributed by atoms with Gasteiger partial charge in [0.2, 0.25) is 0 Å². The van der Waals surface area contributed by atoms with Crippen LogP contribution < -0.4 is 4.74 Å². The summed E-state index contributed by atoms with van der Waals surface area (Å²) in [4.78, 5) is 12.7. The summed E-state index contributed by atoms with van der Waals surface area (Å²) in [6, 6.07) is 10.8. The van der Waals surface area contributed by atoms with Crippen LogP contribution in [0.3, 0.4) is 0 Å². The summed E-state index contributed by atoms with van der Waals surface area (Å²) in [5, 5.41) is 0.433. The zero-order valence-corrected chi connectivity index (χ0v) is 13.6. The number of halogens is 2. The third-order valence-electron chi connectivity index (χ3n) is 2.85. The Bertz CT molecular complexity index is 653. The van der Waals surface area contributed by atoms with Crippen molar-refractivity contribution in [2.24, 2.45) is 0 Å². The summed E-state index contributed by atoms with van der Waals surface area (Å²) in [6.45, 7) is 4.34. The predicted octanol–water partition coefficient (Wildman–Crippen LogP) is 5.04. The molecule has 2 nitrogen and oxygen atoms in total. The van der Waals surface area contributed by atoms with Gasteiger partial charge in [-0.05, 0) is 44.2 Å². The van der Waals surface area contributed by atoms with Gasteiger partial charge in [0.1, 0.15) is 5.75 Å². The maximum Gasteiger partial charge on any atom is 0.198 e. The van der Waals surface area contributed by atoms with E-state index in [0.717, 1.165) is 10.0 Å². The predicted molar refractivity (Wildman–Crippen MR) is 84.9 cm³/mol. The van der Waals surface area contributed by atoms with Crippen LogP contribution in [0.5, 0.6) is 5.75 Å². The van der Waals surface area contributed by atoms with Gasteiger partial charge in [0, 0.05) is 10.0 Å². The van der Waals surface area contributed by atoms with E-state index in [1.165, 1.54) is 0 Å². The maximum atomic E-state index is 12.7. The van der Waals surface area contributed by atoms with Gasteiger partial charge in [-0.2, -0.15) is 0 Å². The lowest BCUT2D eigenvalue weighted by Crippen LogP contribution is -2.06. The quantitative estimate of drug-likeness (QED) is 0.720. The number of ketones is 1. The Hall–Kier alpha value is -1.32. The molecule has 0 N–H and O–H groups in total. The molecule has 0 atom stereocenters. The molecule has 0 unspecified atom stereocenters. The largest absolute Gasteiger partial charge is 0.493 e. The molecule has 0 aliphatic heterocycles. The number of carbonyl (C=O) groups is 1. The van der Waals surface area contributed by atoms with E-state index in [1.54, 1.807) is 18.2 Å². The van der Waals surface area contributed by atoms with Crippen molar-refractivity contribution >= 4 is 33.3 Å². The molecule has 2 rings (SSSR count). The minimum atomic E-state index is -0.136. The smallest absolute Gasteiger partial charge is 0.198 e. The second kappa shape index (κ2) is 6.42. The molecule has 2 aromatic rings. The van der Waals surface area contributed by atoms with Crippen LogP contribution in [0.15, 0.2) is 40.9 Å². The van der Waals surface area contributed by atoms with E-state index in [0.29, 0.717) is 28.5 Å². The van der Waals surface area contributed by atoms with Crippen molar-refractivity contribution in [2.45, 2.75) is 13.8 Å². The molecule has 4 heteroatoms. The fourth-order valence-electron chi connectivity index (χ4n) is 1.92. The minimum Gasteiger partial charge on any atom is -0.493 e. The van der Waals surface area contributed by atoms with Crippen LogP contribution in [0, 0.1) is 6.92 Å². The van der Waals surface area contributed by atoms with E-state index in [4.69, 9.17) is 16.3 Å². The van der Waals surface area contributed by atoms with Gasteiger partial charge in [0.05, 0.1) is 17.2 Å². The second-order valence-electron chi connectivity index (χ2n) is 4.39. The topological polar surface area (TPSA) is 26.3 Å². The molecule has 0 radical (unpaired) electrons. The Morgan fingerprint density at radius 3 is 2.65 bits per heavy atom. The Labute approximate surface area is 131 Å². The zero-order valence-electron chi connectivity index (χ0n) is 11.2. The molecule has 0 heterocycles. The first kappa shape index (κ1) is 15.1. The van der Waals surface area contributed by atoms with Crippen LogP contribution in [0.25, 0.3) is 0 Å². The lowest BCUT2D eigenvalue weighted by Gasteiger charge is -2.11. The SMILES string of the molecule is CCOc1ccc(C)cc1C(=O)c1cc(Br)ccc1Cl. The van der Waals surface area contributed by atoms with Gasteiger partial charge in [-0.15, -0.1) is 0 Å². The third kappa shape index (κ3) is 3.22. The monoisotopic (exact) mass is 352 g/mol. The Kier molecular flexibility index (Phi) is 4.84. The van der Waals surface area contributed by atoms with E-state index < -0.39 is 0 Å². The maximum absolute atomic E-state index is 12.7. The Morgan fingerprint density at radius 1 is 1.20 bits per heavy atom. The van der Waals surface area contributed by atoms with Gasteiger partial charge in [-0.3, -0.25) is 4.79 Å². The fraction of sp³-hybridized carbons (Fsp3) is 0.188.